The quantitative estimate of drug-likeness (QED) is 0.598. The number of esters is 2. The van der Waals surface area contributed by atoms with Crippen LogP contribution in [-0.4, -0.2) is 43.6 Å². The second-order valence-corrected chi connectivity index (χ2v) is 5.95. The molecule has 1 aromatic rings. The van der Waals surface area contributed by atoms with Gasteiger partial charge in [0.15, 0.2) is 0 Å². The first-order valence-corrected chi connectivity index (χ1v) is 8.47. The van der Waals surface area contributed by atoms with E-state index in [9.17, 15) is 9.59 Å². The van der Waals surface area contributed by atoms with E-state index >= 15 is 0 Å². The molecule has 26 heavy (non-hydrogen) atoms. The molecule has 0 aromatic carbocycles. The number of ether oxygens (including phenoxy) is 3. The molecule has 0 spiro atoms. The highest BCUT2D eigenvalue weighted by atomic mass is 35.5. The molecule has 0 bridgehead atoms. The lowest BCUT2D eigenvalue weighted by Crippen LogP contribution is -2.32. The Kier molecular flexibility index (Phi) is 6.63. The summed E-state index contributed by atoms with van der Waals surface area (Å²) >= 11 is 5.62. The van der Waals surface area contributed by atoms with Crippen molar-refractivity contribution in [3.05, 3.63) is 46.6 Å². The van der Waals surface area contributed by atoms with Crippen LogP contribution in [-0.2, 0) is 19.1 Å². The Morgan fingerprint density at radius 2 is 1.85 bits per heavy atom. The summed E-state index contributed by atoms with van der Waals surface area (Å²) in [6.07, 6.45) is 1.55. The van der Waals surface area contributed by atoms with E-state index in [-0.39, 0.29) is 23.6 Å². The van der Waals surface area contributed by atoms with Gasteiger partial charge in [-0.3, -0.25) is 4.98 Å². The van der Waals surface area contributed by atoms with E-state index in [1.807, 2.05) is 0 Å². The fourth-order valence-electron chi connectivity index (χ4n) is 2.86. The molecule has 1 atom stereocenters. The van der Waals surface area contributed by atoms with Gasteiger partial charge in [-0.25, -0.2) is 9.59 Å². The van der Waals surface area contributed by atoms with E-state index in [1.165, 1.54) is 14.2 Å². The number of nitrogens with one attached hydrogen (secondary N) is 1. The highest BCUT2D eigenvalue weighted by molar-refractivity contribution is 6.18. The maximum atomic E-state index is 12.7. The van der Waals surface area contributed by atoms with Gasteiger partial charge in [-0.15, -0.1) is 11.6 Å². The number of halogens is 1. The summed E-state index contributed by atoms with van der Waals surface area (Å²) in [6, 6.07) is 3.36. The monoisotopic (exact) mass is 380 g/mol. The fourth-order valence-corrected chi connectivity index (χ4v) is 2.94. The van der Waals surface area contributed by atoms with Crippen molar-refractivity contribution >= 4 is 23.5 Å². The number of carbonyl (C=O) groups excluding carboxylic acids is 2. The van der Waals surface area contributed by atoms with Crippen molar-refractivity contribution in [2.24, 2.45) is 0 Å². The molecule has 2 rings (SSSR count). The highest BCUT2D eigenvalue weighted by Crippen LogP contribution is 2.39. The van der Waals surface area contributed by atoms with E-state index < -0.39 is 17.9 Å². The first kappa shape index (κ1) is 19.8. The van der Waals surface area contributed by atoms with Crippen molar-refractivity contribution in [1.82, 2.24) is 10.3 Å². The van der Waals surface area contributed by atoms with Crippen LogP contribution in [0, 0.1) is 0 Å². The summed E-state index contributed by atoms with van der Waals surface area (Å²) in [5.74, 6) is -1.14. The van der Waals surface area contributed by atoms with Crippen molar-refractivity contribution in [2.75, 3.05) is 26.7 Å². The van der Waals surface area contributed by atoms with Gasteiger partial charge in [0, 0.05) is 23.7 Å². The molecule has 0 saturated heterocycles. The van der Waals surface area contributed by atoms with Gasteiger partial charge in [-0.1, -0.05) is 0 Å². The van der Waals surface area contributed by atoms with E-state index in [0.29, 0.717) is 22.8 Å². The molecule has 8 heteroatoms. The predicted octanol–water partition coefficient (Wildman–Crippen LogP) is 2.28. The molecule has 1 unspecified atom stereocenters. The first-order valence-electron chi connectivity index (χ1n) is 7.94. The topological polar surface area (TPSA) is 86.8 Å². The van der Waals surface area contributed by atoms with Crippen LogP contribution in [0.2, 0.25) is 0 Å². The summed E-state index contributed by atoms with van der Waals surface area (Å²) < 4.78 is 15.4. The smallest absolute Gasteiger partial charge is 0.336 e. The molecule has 1 aliphatic rings. The Balaban J connectivity index is 2.62. The second kappa shape index (κ2) is 8.71. The molecular weight excluding hydrogens is 360 g/mol. The predicted molar refractivity (Wildman–Crippen MR) is 95.8 cm³/mol. The van der Waals surface area contributed by atoms with Gasteiger partial charge in [0.2, 0.25) is 0 Å². The van der Waals surface area contributed by atoms with Crippen molar-refractivity contribution in [2.45, 2.75) is 19.8 Å². The number of rotatable bonds is 6. The minimum absolute atomic E-state index is 0.0612. The summed E-state index contributed by atoms with van der Waals surface area (Å²) in [5.41, 5.74) is 2.20. The number of aromatic nitrogens is 1. The molecule has 0 saturated carbocycles. The summed E-state index contributed by atoms with van der Waals surface area (Å²) in [6.45, 7) is 3.54. The van der Waals surface area contributed by atoms with Crippen molar-refractivity contribution in [3.63, 3.8) is 0 Å². The standard InChI is InChI=1S/C18H21ClN2O5/c1-10-14(17(22)25-4)16(13-9-12(24-3)5-7-20-13)15(11(2)21-10)18(23)26-8-6-19/h5,7,9,16,21H,6,8H2,1-4H3. The van der Waals surface area contributed by atoms with Gasteiger partial charge < -0.3 is 19.5 Å². The number of carbonyl (C=O) groups is 2. The van der Waals surface area contributed by atoms with Crippen molar-refractivity contribution in [3.8, 4) is 5.75 Å². The third-order valence-electron chi connectivity index (χ3n) is 3.98. The molecule has 7 nitrogen and oxygen atoms in total. The summed E-state index contributed by atoms with van der Waals surface area (Å²) in [4.78, 5) is 29.4. The van der Waals surface area contributed by atoms with E-state index in [0.717, 1.165) is 0 Å². The Morgan fingerprint density at radius 1 is 1.19 bits per heavy atom. The Hall–Kier alpha value is -2.54. The number of alkyl halides is 1. The maximum Gasteiger partial charge on any atom is 0.336 e. The molecule has 0 amide bonds. The lowest BCUT2D eigenvalue weighted by atomic mass is 9.82. The van der Waals surface area contributed by atoms with E-state index in [4.69, 9.17) is 25.8 Å². The summed E-state index contributed by atoms with van der Waals surface area (Å²) in [7, 11) is 2.82. The van der Waals surface area contributed by atoms with Crippen LogP contribution < -0.4 is 10.1 Å². The molecule has 1 N–H and O–H groups in total. The van der Waals surface area contributed by atoms with Crippen LogP contribution in [0.1, 0.15) is 25.5 Å². The van der Waals surface area contributed by atoms with Crippen LogP contribution >= 0.6 is 11.6 Å². The third-order valence-corrected chi connectivity index (χ3v) is 4.13. The SMILES string of the molecule is COC(=O)C1=C(C)NC(C)=C(C(=O)OCCCl)C1c1cc(OC)ccn1. The van der Waals surface area contributed by atoms with Crippen LogP contribution in [0.5, 0.6) is 5.75 Å². The summed E-state index contributed by atoms with van der Waals surface area (Å²) in [5, 5.41) is 3.05. The Morgan fingerprint density at radius 3 is 2.42 bits per heavy atom. The van der Waals surface area contributed by atoms with Crippen LogP contribution in [0.3, 0.4) is 0 Å². The molecule has 0 radical (unpaired) electrons. The first-order chi connectivity index (χ1) is 12.4. The van der Waals surface area contributed by atoms with E-state index in [1.54, 1.807) is 32.2 Å². The normalized spacial score (nSPS) is 16.9. The fraction of sp³-hybridized carbons (Fsp3) is 0.389. The van der Waals surface area contributed by atoms with Gasteiger partial charge >= 0.3 is 11.9 Å². The largest absolute Gasteiger partial charge is 0.497 e. The molecule has 1 aliphatic heterocycles. The number of methoxy groups -OCH3 is 2. The molecule has 0 aliphatic carbocycles. The average molecular weight is 381 g/mol. The zero-order valence-corrected chi connectivity index (χ0v) is 15.8. The molecule has 1 aromatic heterocycles. The van der Waals surface area contributed by atoms with E-state index in [2.05, 4.69) is 10.3 Å². The van der Waals surface area contributed by atoms with Gasteiger partial charge in [0.1, 0.15) is 12.4 Å². The molecule has 0 fully saturated rings. The maximum absolute atomic E-state index is 12.7. The van der Waals surface area contributed by atoms with Gasteiger partial charge in [-0.05, 0) is 19.9 Å². The zero-order valence-electron chi connectivity index (χ0n) is 15.1. The minimum atomic E-state index is -0.748. The number of hydrogen-bond donors (Lipinski definition) is 1. The number of allylic oxidation sites excluding steroid dienone is 2. The molecule has 2 heterocycles. The number of pyridine rings is 1. The highest BCUT2D eigenvalue weighted by Gasteiger charge is 2.38. The minimum Gasteiger partial charge on any atom is -0.497 e. The van der Waals surface area contributed by atoms with Crippen LogP contribution in [0.4, 0.5) is 0 Å². The third kappa shape index (κ3) is 3.99. The van der Waals surface area contributed by atoms with Crippen molar-refractivity contribution < 1.29 is 23.8 Å². The number of hydrogen-bond acceptors (Lipinski definition) is 7. The molecular formula is C18H21ClN2O5. The Bertz CT molecular complexity index is 773. The second-order valence-electron chi connectivity index (χ2n) is 5.57. The van der Waals surface area contributed by atoms with Gasteiger partial charge in [-0.2, -0.15) is 0 Å². The Labute approximate surface area is 157 Å². The average Bonchev–Trinajstić information content (AvgIpc) is 2.64. The number of nitrogens with zero attached hydrogens (tertiary/aromatic N) is 1. The number of dihydropyridines is 1. The van der Waals surface area contributed by atoms with Crippen LogP contribution in [0.25, 0.3) is 0 Å². The lowest BCUT2D eigenvalue weighted by molar-refractivity contribution is -0.139. The van der Waals surface area contributed by atoms with Crippen LogP contribution in [0.15, 0.2) is 40.9 Å². The van der Waals surface area contributed by atoms with Gasteiger partial charge in [0.05, 0.1) is 42.9 Å². The van der Waals surface area contributed by atoms with Gasteiger partial charge in [0.25, 0.3) is 0 Å². The zero-order chi connectivity index (χ0) is 19.3. The van der Waals surface area contributed by atoms with Crippen molar-refractivity contribution in [1.29, 1.82) is 0 Å². The molecule has 140 valence electrons. The lowest BCUT2D eigenvalue weighted by Gasteiger charge is -2.29.